The Kier molecular flexibility index (Phi) is 3.93. The van der Waals surface area contributed by atoms with E-state index in [4.69, 9.17) is 5.73 Å². The van der Waals surface area contributed by atoms with E-state index in [9.17, 15) is 4.79 Å². The summed E-state index contributed by atoms with van der Waals surface area (Å²) in [7, 11) is 1.43. The monoisotopic (exact) mass is 199 g/mol. The molecule has 0 saturated heterocycles. The molecule has 1 aliphatic rings. The van der Waals surface area contributed by atoms with Crippen LogP contribution in [0.25, 0.3) is 0 Å². The summed E-state index contributed by atoms with van der Waals surface area (Å²) >= 11 is 0. The Balaban J connectivity index is 2.48. The lowest BCUT2D eigenvalue weighted by Gasteiger charge is -2.38. The minimum Gasteiger partial charge on any atom is -0.469 e. The highest BCUT2D eigenvalue weighted by Crippen LogP contribution is 2.33. The van der Waals surface area contributed by atoms with Crippen LogP contribution in [0, 0.1) is 5.92 Å². The van der Waals surface area contributed by atoms with E-state index in [2.05, 4.69) is 11.7 Å². The first-order chi connectivity index (χ1) is 6.58. The summed E-state index contributed by atoms with van der Waals surface area (Å²) in [6.07, 6.45) is 6.22. The van der Waals surface area contributed by atoms with Crippen molar-refractivity contribution < 1.29 is 9.53 Å². The van der Waals surface area contributed by atoms with E-state index >= 15 is 0 Å². The van der Waals surface area contributed by atoms with Crippen LogP contribution >= 0.6 is 0 Å². The van der Waals surface area contributed by atoms with Gasteiger partial charge in [0.25, 0.3) is 0 Å². The van der Waals surface area contributed by atoms with Gasteiger partial charge in [-0.3, -0.25) is 4.79 Å². The second-order valence-electron chi connectivity index (χ2n) is 4.48. The number of rotatable bonds is 3. The highest BCUT2D eigenvalue weighted by molar-refractivity contribution is 5.69. The van der Waals surface area contributed by atoms with E-state index in [-0.39, 0.29) is 17.4 Å². The number of methoxy groups -OCH3 is 1. The molecule has 0 radical (unpaired) electrons. The number of hydrogen-bond donors (Lipinski definition) is 1. The van der Waals surface area contributed by atoms with Crippen molar-refractivity contribution in [3.63, 3.8) is 0 Å². The van der Waals surface area contributed by atoms with Gasteiger partial charge in [-0.05, 0) is 18.8 Å². The molecule has 14 heavy (non-hydrogen) atoms. The van der Waals surface area contributed by atoms with E-state index in [1.54, 1.807) is 0 Å². The Morgan fingerprint density at radius 3 is 2.50 bits per heavy atom. The molecule has 1 saturated carbocycles. The first kappa shape index (κ1) is 11.5. The molecule has 82 valence electrons. The van der Waals surface area contributed by atoms with Crippen LogP contribution in [0.1, 0.15) is 45.4 Å². The quantitative estimate of drug-likeness (QED) is 0.706. The number of carbonyl (C=O) groups excluding carboxylic acids is 1. The van der Waals surface area contributed by atoms with Crippen LogP contribution in [0.5, 0.6) is 0 Å². The van der Waals surface area contributed by atoms with Gasteiger partial charge in [0.1, 0.15) is 0 Å². The van der Waals surface area contributed by atoms with Crippen molar-refractivity contribution in [2.75, 3.05) is 7.11 Å². The molecule has 1 rings (SSSR count). The van der Waals surface area contributed by atoms with Crippen molar-refractivity contribution in [2.24, 2.45) is 11.7 Å². The minimum absolute atomic E-state index is 0.132. The van der Waals surface area contributed by atoms with Crippen LogP contribution in [0.2, 0.25) is 0 Å². The minimum atomic E-state index is -0.145. The molecule has 0 aromatic heterocycles. The third kappa shape index (κ3) is 2.71. The molecular formula is C11H21NO2. The molecule has 1 atom stereocenters. The first-order valence-corrected chi connectivity index (χ1v) is 5.44. The van der Waals surface area contributed by atoms with Crippen molar-refractivity contribution in [3.8, 4) is 0 Å². The van der Waals surface area contributed by atoms with Crippen LogP contribution in [-0.4, -0.2) is 18.6 Å². The van der Waals surface area contributed by atoms with Crippen LogP contribution in [-0.2, 0) is 9.53 Å². The van der Waals surface area contributed by atoms with Crippen LogP contribution < -0.4 is 5.73 Å². The summed E-state index contributed by atoms with van der Waals surface area (Å²) in [6, 6.07) is 0. The van der Waals surface area contributed by atoms with Crippen LogP contribution in [0.15, 0.2) is 0 Å². The van der Waals surface area contributed by atoms with E-state index in [0.717, 1.165) is 12.8 Å². The maximum Gasteiger partial charge on any atom is 0.305 e. The van der Waals surface area contributed by atoms with E-state index in [1.807, 2.05) is 0 Å². The summed E-state index contributed by atoms with van der Waals surface area (Å²) in [5, 5.41) is 0. The SMILES string of the molecule is COC(=O)CC(C)C1(N)CCCCC1. The van der Waals surface area contributed by atoms with Gasteiger partial charge in [0.15, 0.2) is 0 Å². The Morgan fingerprint density at radius 2 is 2.00 bits per heavy atom. The average Bonchev–Trinajstić information content (AvgIpc) is 2.18. The Labute approximate surface area is 86.0 Å². The fourth-order valence-corrected chi connectivity index (χ4v) is 2.24. The summed E-state index contributed by atoms with van der Waals surface area (Å²) in [5.74, 6) is 0.0862. The molecular weight excluding hydrogens is 178 g/mol. The molecule has 0 aromatic carbocycles. The second kappa shape index (κ2) is 4.78. The van der Waals surface area contributed by atoms with Gasteiger partial charge in [0.2, 0.25) is 0 Å². The largest absolute Gasteiger partial charge is 0.469 e. The smallest absolute Gasteiger partial charge is 0.305 e. The van der Waals surface area contributed by atoms with Crippen molar-refractivity contribution in [1.29, 1.82) is 0 Å². The summed E-state index contributed by atoms with van der Waals surface area (Å²) in [6.45, 7) is 2.06. The number of hydrogen-bond acceptors (Lipinski definition) is 3. The molecule has 2 N–H and O–H groups in total. The second-order valence-corrected chi connectivity index (χ2v) is 4.48. The zero-order valence-corrected chi connectivity index (χ0v) is 9.21. The maximum absolute atomic E-state index is 11.1. The third-order valence-electron chi connectivity index (χ3n) is 3.47. The Morgan fingerprint density at radius 1 is 1.43 bits per heavy atom. The molecule has 0 heterocycles. The summed E-state index contributed by atoms with van der Waals surface area (Å²) in [5.41, 5.74) is 6.17. The van der Waals surface area contributed by atoms with Crippen LogP contribution in [0.4, 0.5) is 0 Å². The molecule has 0 aliphatic heterocycles. The standard InChI is InChI=1S/C11H21NO2/c1-9(8-10(13)14-2)11(12)6-4-3-5-7-11/h9H,3-8,12H2,1-2H3. The molecule has 3 nitrogen and oxygen atoms in total. The number of ether oxygens (including phenoxy) is 1. The molecule has 0 amide bonds. The van der Waals surface area contributed by atoms with Crippen LogP contribution in [0.3, 0.4) is 0 Å². The topological polar surface area (TPSA) is 52.3 Å². The number of carbonyl (C=O) groups is 1. The van der Waals surface area contributed by atoms with Gasteiger partial charge in [0.05, 0.1) is 7.11 Å². The lowest BCUT2D eigenvalue weighted by molar-refractivity contribution is -0.142. The van der Waals surface area contributed by atoms with Gasteiger partial charge in [-0.1, -0.05) is 26.2 Å². The summed E-state index contributed by atoms with van der Waals surface area (Å²) in [4.78, 5) is 11.1. The van der Waals surface area contributed by atoms with Crippen molar-refractivity contribution in [2.45, 2.75) is 51.0 Å². The highest BCUT2D eigenvalue weighted by Gasteiger charge is 2.34. The van der Waals surface area contributed by atoms with Gasteiger partial charge in [0, 0.05) is 12.0 Å². The lowest BCUT2D eigenvalue weighted by atomic mass is 9.73. The highest BCUT2D eigenvalue weighted by atomic mass is 16.5. The van der Waals surface area contributed by atoms with Gasteiger partial charge in [-0.25, -0.2) is 0 Å². The van der Waals surface area contributed by atoms with Gasteiger partial charge < -0.3 is 10.5 Å². The zero-order valence-electron chi connectivity index (χ0n) is 9.21. The molecule has 3 heteroatoms. The summed E-state index contributed by atoms with van der Waals surface area (Å²) < 4.78 is 4.66. The predicted molar refractivity (Wildman–Crippen MR) is 55.8 cm³/mol. The van der Waals surface area contributed by atoms with Crippen molar-refractivity contribution in [3.05, 3.63) is 0 Å². The zero-order chi connectivity index (χ0) is 10.6. The lowest BCUT2D eigenvalue weighted by Crippen LogP contribution is -2.48. The normalized spacial score (nSPS) is 22.8. The molecule has 0 bridgehead atoms. The van der Waals surface area contributed by atoms with E-state index in [1.165, 1.54) is 26.4 Å². The molecule has 0 aromatic rings. The Bertz CT molecular complexity index is 197. The van der Waals surface area contributed by atoms with Gasteiger partial charge in [-0.2, -0.15) is 0 Å². The van der Waals surface area contributed by atoms with Gasteiger partial charge in [-0.15, -0.1) is 0 Å². The maximum atomic E-state index is 11.1. The molecule has 1 unspecified atom stereocenters. The fourth-order valence-electron chi connectivity index (χ4n) is 2.24. The predicted octanol–water partition coefficient (Wildman–Crippen LogP) is 1.85. The molecule has 1 fully saturated rings. The van der Waals surface area contributed by atoms with E-state index < -0.39 is 0 Å². The van der Waals surface area contributed by atoms with E-state index in [0.29, 0.717) is 6.42 Å². The van der Waals surface area contributed by atoms with Gasteiger partial charge >= 0.3 is 5.97 Å². The number of nitrogens with two attached hydrogens (primary N) is 1. The average molecular weight is 199 g/mol. The first-order valence-electron chi connectivity index (χ1n) is 5.44. The van der Waals surface area contributed by atoms with Crippen molar-refractivity contribution in [1.82, 2.24) is 0 Å². The fraction of sp³-hybridized carbons (Fsp3) is 0.909. The van der Waals surface area contributed by atoms with Crippen molar-refractivity contribution >= 4 is 5.97 Å². The molecule has 1 aliphatic carbocycles. The Hall–Kier alpha value is -0.570. The third-order valence-corrected chi connectivity index (χ3v) is 3.47. The molecule has 0 spiro atoms. The number of esters is 1.